The third kappa shape index (κ3) is 5.91. The number of rotatable bonds is 5. The number of ether oxygens (including phenoxy) is 1. The average molecular weight is 333 g/mol. The Bertz CT molecular complexity index is 542. The van der Waals surface area contributed by atoms with E-state index < -0.39 is 11.7 Å². The third-order valence-electron chi connectivity index (χ3n) is 4.49. The minimum Gasteiger partial charge on any atom is -0.460 e. The van der Waals surface area contributed by atoms with Crippen LogP contribution in [-0.2, 0) is 9.53 Å². The fraction of sp³-hybridized carbons (Fsp3) is 0.650. The summed E-state index contributed by atoms with van der Waals surface area (Å²) in [5.74, 6) is -0.0512. The first kappa shape index (κ1) is 18.9. The molecular weight excluding hydrogens is 302 g/mol. The highest BCUT2D eigenvalue weighted by atomic mass is 16.6. The zero-order valence-electron chi connectivity index (χ0n) is 15.3. The molecule has 0 saturated heterocycles. The Balaban J connectivity index is 1.74. The standard InChI is InChI=1S/C20H31NO3/c1-14-6-5-7-16(12-14)18(22)13-21-17-10-8-15(9-11-17)19(23)24-20(2,3)4/h5-7,12,15,17-18,21-22H,8-11,13H2,1-4H3. The predicted octanol–water partition coefficient (Wildman–Crippen LogP) is 3.52. The number of hydrogen-bond acceptors (Lipinski definition) is 4. The van der Waals surface area contributed by atoms with Crippen LogP contribution in [0.4, 0.5) is 0 Å². The van der Waals surface area contributed by atoms with Crippen LogP contribution in [-0.4, -0.2) is 29.3 Å². The van der Waals surface area contributed by atoms with E-state index in [1.54, 1.807) is 0 Å². The second-order valence-corrected chi connectivity index (χ2v) is 7.92. The molecule has 0 aromatic heterocycles. The average Bonchev–Trinajstić information content (AvgIpc) is 2.51. The molecule has 1 aliphatic rings. The molecule has 4 heteroatoms. The van der Waals surface area contributed by atoms with Gasteiger partial charge >= 0.3 is 5.97 Å². The lowest BCUT2D eigenvalue weighted by molar-refractivity contribution is -0.161. The van der Waals surface area contributed by atoms with Crippen molar-refractivity contribution >= 4 is 5.97 Å². The summed E-state index contributed by atoms with van der Waals surface area (Å²) >= 11 is 0. The van der Waals surface area contributed by atoms with Crippen LogP contribution in [0.3, 0.4) is 0 Å². The largest absolute Gasteiger partial charge is 0.460 e. The number of nitrogens with one attached hydrogen (secondary N) is 1. The summed E-state index contributed by atoms with van der Waals surface area (Å²) < 4.78 is 5.48. The molecule has 0 heterocycles. The number of carbonyl (C=O) groups excluding carboxylic acids is 1. The van der Waals surface area contributed by atoms with Crippen molar-refractivity contribution in [1.29, 1.82) is 0 Å². The molecule has 1 atom stereocenters. The van der Waals surface area contributed by atoms with Gasteiger partial charge in [-0.05, 0) is 58.9 Å². The van der Waals surface area contributed by atoms with E-state index in [2.05, 4.69) is 5.32 Å². The molecule has 4 nitrogen and oxygen atoms in total. The van der Waals surface area contributed by atoms with Gasteiger partial charge in [-0.15, -0.1) is 0 Å². The van der Waals surface area contributed by atoms with Crippen molar-refractivity contribution < 1.29 is 14.6 Å². The van der Waals surface area contributed by atoms with Gasteiger partial charge < -0.3 is 15.2 Å². The van der Waals surface area contributed by atoms with Crippen LogP contribution >= 0.6 is 0 Å². The SMILES string of the molecule is Cc1cccc(C(O)CNC2CCC(C(=O)OC(C)(C)C)CC2)c1. The lowest BCUT2D eigenvalue weighted by atomic mass is 9.86. The number of esters is 1. The molecule has 1 aliphatic carbocycles. The monoisotopic (exact) mass is 333 g/mol. The molecule has 1 fully saturated rings. The van der Waals surface area contributed by atoms with Crippen LogP contribution in [0, 0.1) is 12.8 Å². The molecule has 134 valence electrons. The molecule has 0 aliphatic heterocycles. The summed E-state index contributed by atoms with van der Waals surface area (Å²) in [4.78, 5) is 12.1. The van der Waals surface area contributed by atoms with Crippen LogP contribution in [0.2, 0.25) is 0 Å². The third-order valence-corrected chi connectivity index (χ3v) is 4.49. The molecule has 0 bridgehead atoms. The first-order chi connectivity index (χ1) is 11.2. The zero-order chi connectivity index (χ0) is 17.7. The van der Waals surface area contributed by atoms with Crippen molar-refractivity contribution in [3.8, 4) is 0 Å². The smallest absolute Gasteiger partial charge is 0.309 e. The molecule has 1 aromatic carbocycles. The van der Waals surface area contributed by atoms with E-state index in [0.29, 0.717) is 12.6 Å². The van der Waals surface area contributed by atoms with E-state index in [0.717, 1.165) is 36.8 Å². The van der Waals surface area contributed by atoms with E-state index >= 15 is 0 Å². The number of aliphatic hydroxyl groups is 1. The molecular formula is C20H31NO3. The first-order valence-corrected chi connectivity index (χ1v) is 8.95. The molecule has 1 saturated carbocycles. The molecule has 0 radical (unpaired) electrons. The van der Waals surface area contributed by atoms with E-state index in [1.165, 1.54) is 0 Å². The van der Waals surface area contributed by atoms with Crippen molar-refractivity contribution in [1.82, 2.24) is 5.32 Å². The maximum Gasteiger partial charge on any atom is 0.309 e. The van der Waals surface area contributed by atoms with E-state index in [1.807, 2.05) is 52.0 Å². The topological polar surface area (TPSA) is 58.6 Å². The normalized spacial score (nSPS) is 22.9. The number of aliphatic hydroxyl groups excluding tert-OH is 1. The van der Waals surface area contributed by atoms with Gasteiger partial charge in [0.1, 0.15) is 5.60 Å². The molecule has 2 rings (SSSR count). The second-order valence-electron chi connectivity index (χ2n) is 7.92. The Morgan fingerprint density at radius 3 is 2.54 bits per heavy atom. The van der Waals surface area contributed by atoms with Crippen molar-refractivity contribution in [2.45, 2.75) is 71.1 Å². The van der Waals surface area contributed by atoms with E-state index in [-0.39, 0.29) is 11.9 Å². The van der Waals surface area contributed by atoms with Gasteiger partial charge in [-0.1, -0.05) is 29.8 Å². The highest BCUT2D eigenvalue weighted by Gasteiger charge is 2.29. The number of benzene rings is 1. The number of carbonyl (C=O) groups is 1. The van der Waals surface area contributed by atoms with Gasteiger partial charge in [0.25, 0.3) is 0 Å². The highest BCUT2D eigenvalue weighted by Crippen LogP contribution is 2.27. The van der Waals surface area contributed by atoms with Crippen LogP contribution in [0.5, 0.6) is 0 Å². The van der Waals surface area contributed by atoms with Crippen LogP contribution in [0.25, 0.3) is 0 Å². The van der Waals surface area contributed by atoms with Crippen LogP contribution in [0.1, 0.15) is 63.7 Å². The van der Waals surface area contributed by atoms with Crippen molar-refractivity contribution in [2.75, 3.05) is 6.54 Å². The molecule has 0 amide bonds. The van der Waals surface area contributed by atoms with Crippen molar-refractivity contribution in [2.24, 2.45) is 5.92 Å². The summed E-state index contributed by atoms with van der Waals surface area (Å²) in [6.07, 6.45) is 3.11. The lowest BCUT2D eigenvalue weighted by Crippen LogP contribution is -2.38. The molecule has 1 unspecified atom stereocenters. The molecule has 2 N–H and O–H groups in total. The summed E-state index contributed by atoms with van der Waals surface area (Å²) in [5, 5.41) is 13.8. The Morgan fingerprint density at radius 1 is 1.29 bits per heavy atom. The van der Waals surface area contributed by atoms with Gasteiger partial charge in [-0.25, -0.2) is 0 Å². The fourth-order valence-corrected chi connectivity index (χ4v) is 3.19. The lowest BCUT2D eigenvalue weighted by Gasteiger charge is -2.30. The minimum atomic E-state index is -0.492. The zero-order valence-corrected chi connectivity index (χ0v) is 15.3. The summed E-state index contributed by atoms with van der Waals surface area (Å²) in [7, 11) is 0. The van der Waals surface area contributed by atoms with E-state index in [4.69, 9.17) is 4.74 Å². The minimum absolute atomic E-state index is 0.0176. The predicted molar refractivity (Wildman–Crippen MR) is 95.7 cm³/mol. The Kier molecular flexibility index (Phi) is 6.41. The Labute approximate surface area is 145 Å². The highest BCUT2D eigenvalue weighted by molar-refractivity contribution is 5.73. The van der Waals surface area contributed by atoms with E-state index in [9.17, 15) is 9.90 Å². The Morgan fingerprint density at radius 2 is 1.96 bits per heavy atom. The Hall–Kier alpha value is -1.39. The first-order valence-electron chi connectivity index (χ1n) is 8.95. The summed E-state index contributed by atoms with van der Waals surface area (Å²) in [5.41, 5.74) is 1.69. The van der Waals surface area contributed by atoms with Crippen LogP contribution in [0.15, 0.2) is 24.3 Å². The number of hydrogen-bond donors (Lipinski definition) is 2. The quantitative estimate of drug-likeness (QED) is 0.810. The molecule has 0 spiro atoms. The summed E-state index contributed by atoms with van der Waals surface area (Å²) in [6, 6.07) is 8.34. The van der Waals surface area contributed by atoms with Gasteiger partial charge in [-0.3, -0.25) is 4.79 Å². The second kappa shape index (κ2) is 8.13. The van der Waals surface area contributed by atoms with Crippen molar-refractivity contribution in [3.05, 3.63) is 35.4 Å². The van der Waals surface area contributed by atoms with Gasteiger partial charge in [0.15, 0.2) is 0 Å². The summed E-state index contributed by atoms with van der Waals surface area (Å²) in [6.45, 7) is 8.30. The molecule has 24 heavy (non-hydrogen) atoms. The van der Waals surface area contributed by atoms with Gasteiger partial charge in [-0.2, -0.15) is 0 Å². The van der Waals surface area contributed by atoms with Crippen LogP contribution < -0.4 is 5.32 Å². The van der Waals surface area contributed by atoms with Gasteiger partial charge in [0.2, 0.25) is 0 Å². The van der Waals surface area contributed by atoms with Gasteiger partial charge in [0.05, 0.1) is 12.0 Å². The maximum absolute atomic E-state index is 12.1. The maximum atomic E-state index is 12.1. The number of aryl methyl sites for hydroxylation is 1. The molecule has 1 aromatic rings. The fourth-order valence-electron chi connectivity index (χ4n) is 3.19. The van der Waals surface area contributed by atoms with Crippen molar-refractivity contribution in [3.63, 3.8) is 0 Å². The van der Waals surface area contributed by atoms with Gasteiger partial charge in [0, 0.05) is 12.6 Å².